The van der Waals surface area contributed by atoms with Crippen LogP contribution < -0.4 is 11.1 Å². The van der Waals surface area contributed by atoms with Crippen LogP contribution in [-0.2, 0) is 0 Å². The molecule has 0 saturated carbocycles. The van der Waals surface area contributed by atoms with Gasteiger partial charge in [-0.05, 0) is 12.1 Å². The zero-order valence-corrected chi connectivity index (χ0v) is 8.77. The molecule has 0 spiro atoms. The third-order valence-corrected chi connectivity index (χ3v) is 2.50. The Morgan fingerprint density at radius 1 is 1.47 bits per heavy atom. The monoisotopic (exact) mass is 225 g/mol. The van der Waals surface area contributed by atoms with Crippen LogP contribution in [0.5, 0.6) is 0 Å². The summed E-state index contributed by atoms with van der Waals surface area (Å²) >= 11 is 5.70. The highest BCUT2D eigenvalue weighted by Crippen LogP contribution is 2.32. The molecule has 1 aromatic heterocycles. The van der Waals surface area contributed by atoms with Gasteiger partial charge in [-0.3, -0.25) is 4.98 Å². The first kappa shape index (κ1) is 9.98. The van der Waals surface area contributed by atoms with Gasteiger partial charge in [-0.15, -0.1) is 0 Å². The zero-order chi connectivity index (χ0) is 11.0. The van der Waals surface area contributed by atoms with Crippen molar-refractivity contribution in [2.75, 3.05) is 18.1 Å². The number of fused-ring (bicyclic) bond motifs is 1. The smallest absolute Gasteiger partial charge is 0.153 e. The summed E-state index contributed by atoms with van der Waals surface area (Å²) in [6, 6.07) is 3.13. The van der Waals surface area contributed by atoms with Crippen LogP contribution in [0.3, 0.4) is 0 Å². The predicted octanol–water partition coefficient (Wildman–Crippen LogP) is 2.65. The van der Waals surface area contributed by atoms with Crippen LogP contribution >= 0.6 is 11.6 Å². The van der Waals surface area contributed by atoms with Crippen molar-refractivity contribution < 1.29 is 4.39 Å². The molecule has 0 aliphatic heterocycles. The topological polar surface area (TPSA) is 50.9 Å². The zero-order valence-electron chi connectivity index (χ0n) is 8.01. The molecule has 5 heteroatoms. The first-order valence-corrected chi connectivity index (χ1v) is 4.73. The molecular weight excluding hydrogens is 217 g/mol. The number of pyridine rings is 1. The van der Waals surface area contributed by atoms with Crippen molar-refractivity contribution in [3.8, 4) is 0 Å². The van der Waals surface area contributed by atoms with Crippen molar-refractivity contribution in [2.45, 2.75) is 0 Å². The molecule has 2 rings (SSSR count). The summed E-state index contributed by atoms with van der Waals surface area (Å²) in [7, 11) is 1.67. The van der Waals surface area contributed by atoms with Gasteiger partial charge in [0.1, 0.15) is 0 Å². The Balaban J connectivity index is 2.94. The fourth-order valence-corrected chi connectivity index (χ4v) is 1.66. The van der Waals surface area contributed by atoms with E-state index in [0.29, 0.717) is 22.3 Å². The Morgan fingerprint density at radius 3 is 2.87 bits per heavy atom. The molecule has 0 aliphatic rings. The number of aromatic nitrogens is 1. The average Bonchev–Trinajstić information content (AvgIpc) is 2.24. The number of hydrogen-bond donors (Lipinski definition) is 2. The van der Waals surface area contributed by atoms with Crippen LogP contribution in [0, 0.1) is 5.82 Å². The lowest BCUT2D eigenvalue weighted by Gasteiger charge is -2.09. The van der Waals surface area contributed by atoms with Crippen LogP contribution in [0.25, 0.3) is 10.9 Å². The first-order valence-electron chi connectivity index (χ1n) is 4.35. The Hall–Kier alpha value is -1.55. The number of anilines is 2. The lowest BCUT2D eigenvalue weighted by Crippen LogP contribution is -1.99. The number of nitrogens with one attached hydrogen (secondary N) is 1. The number of halogens is 2. The van der Waals surface area contributed by atoms with Gasteiger partial charge < -0.3 is 11.1 Å². The molecule has 0 atom stereocenters. The number of rotatable bonds is 1. The van der Waals surface area contributed by atoms with Crippen LogP contribution in [-0.4, -0.2) is 12.0 Å². The largest absolute Gasteiger partial charge is 0.396 e. The number of nitrogens with zero attached hydrogens (tertiary/aromatic N) is 1. The second-order valence-electron chi connectivity index (χ2n) is 3.09. The maximum Gasteiger partial charge on any atom is 0.153 e. The van der Waals surface area contributed by atoms with Gasteiger partial charge in [0.2, 0.25) is 0 Å². The molecule has 0 amide bonds. The van der Waals surface area contributed by atoms with Gasteiger partial charge in [-0.2, -0.15) is 0 Å². The van der Waals surface area contributed by atoms with E-state index in [9.17, 15) is 4.39 Å². The van der Waals surface area contributed by atoms with E-state index in [1.165, 1.54) is 12.3 Å². The van der Waals surface area contributed by atoms with E-state index in [1.807, 2.05) is 0 Å². The lowest BCUT2D eigenvalue weighted by atomic mass is 10.1. The van der Waals surface area contributed by atoms with Gasteiger partial charge in [0.15, 0.2) is 5.82 Å². The number of nitrogens with two attached hydrogens (primary N) is 1. The highest BCUT2D eigenvalue weighted by molar-refractivity contribution is 6.31. The minimum Gasteiger partial charge on any atom is -0.396 e. The van der Waals surface area contributed by atoms with Crippen molar-refractivity contribution in [3.05, 3.63) is 29.2 Å². The van der Waals surface area contributed by atoms with Crippen LogP contribution in [0.15, 0.2) is 18.3 Å². The molecule has 78 valence electrons. The Morgan fingerprint density at radius 2 is 2.20 bits per heavy atom. The third kappa shape index (κ3) is 1.47. The van der Waals surface area contributed by atoms with Crippen LogP contribution in [0.4, 0.5) is 15.8 Å². The Bertz CT molecular complexity index is 522. The fourth-order valence-electron chi connectivity index (χ4n) is 1.50. The maximum atomic E-state index is 13.8. The molecule has 0 aliphatic carbocycles. The molecule has 0 saturated heterocycles. The van der Waals surface area contributed by atoms with Crippen molar-refractivity contribution in [3.63, 3.8) is 0 Å². The van der Waals surface area contributed by atoms with Crippen molar-refractivity contribution in [2.24, 2.45) is 0 Å². The second-order valence-corrected chi connectivity index (χ2v) is 3.50. The van der Waals surface area contributed by atoms with E-state index in [-0.39, 0.29) is 5.02 Å². The summed E-state index contributed by atoms with van der Waals surface area (Å²) < 4.78 is 13.8. The van der Waals surface area contributed by atoms with E-state index in [0.717, 1.165) is 0 Å². The third-order valence-electron chi connectivity index (χ3n) is 2.20. The SMILES string of the molecule is CNc1c(N)cnc2ccc(Cl)c(F)c12. The summed E-state index contributed by atoms with van der Waals surface area (Å²) in [6.45, 7) is 0. The molecule has 0 bridgehead atoms. The lowest BCUT2D eigenvalue weighted by molar-refractivity contribution is 0.640. The highest BCUT2D eigenvalue weighted by atomic mass is 35.5. The quantitative estimate of drug-likeness (QED) is 0.785. The standard InChI is InChI=1S/C10H9ClFN3/c1-14-10-6(13)4-15-7-3-2-5(11)9(12)8(7)10/h2-4H,13H2,1H3,(H,14,15). The highest BCUT2D eigenvalue weighted by Gasteiger charge is 2.12. The minimum atomic E-state index is -0.502. The number of hydrogen-bond acceptors (Lipinski definition) is 3. The van der Waals surface area contributed by atoms with Gasteiger partial charge >= 0.3 is 0 Å². The van der Waals surface area contributed by atoms with Crippen molar-refractivity contribution in [1.29, 1.82) is 0 Å². The molecule has 0 fully saturated rings. The molecular formula is C10H9ClFN3. The average molecular weight is 226 g/mol. The summed E-state index contributed by atoms with van der Waals surface area (Å²) in [5, 5.41) is 3.23. The Labute approximate surface area is 91.1 Å². The van der Waals surface area contributed by atoms with Crippen LogP contribution in [0.1, 0.15) is 0 Å². The van der Waals surface area contributed by atoms with Gasteiger partial charge in [0.25, 0.3) is 0 Å². The normalized spacial score (nSPS) is 10.6. The number of benzene rings is 1. The molecule has 1 heterocycles. The molecule has 3 nitrogen and oxygen atoms in total. The molecule has 0 unspecified atom stereocenters. The summed E-state index contributed by atoms with van der Waals surface area (Å²) in [5.74, 6) is -0.502. The second kappa shape index (κ2) is 3.55. The Kier molecular flexibility index (Phi) is 2.36. The summed E-state index contributed by atoms with van der Waals surface area (Å²) in [5.41, 5.74) is 7.11. The van der Waals surface area contributed by atoms with Crippen molar-refractivity contribution in [1.82, 2.24) is 4.98 Å². The van der Waals surface area contributed by atoms with E-state index in [1.54, 1.807) is 13.1 Å². The van der Waals surface area contributed by atoms with Crippen LogP contribution in [0.2, 0.25) is 5.02 Å². The van der Waals surface area contributed by atoms with Gasteiger partial charge in [0, 0.05) is 7.05 Å². The van der Waals surface area contributed by atoms with Gasteiger partial charge in [-0.25, -0.2) is 4.39 Å². The fraction of sp³-hybridized carbons (Fsp3) is 0.100. The van der Waals surface area contributed by atoms with E-state index in [2.05, 4.69) is 10.3 Å². The maximum absolute atomic E-state index is 13.8. The molecule has 3 N–H and O–H groups in total. The summed E-state index contributed by atoms with van der Waals surface area (Å²) in [4.78, 5) is 4.03. The minimum absolute atomic E-state index is 0.0615. The first-order chi connectivity index (χ1) is 7.15. The van der Waals surface area contributed by atoms with Gasteiger partial charge in [0.05, 0.1) is 33.5 Å². The molecule has 15 heavy (non-hydrogen) atoms. The van der Waals surface area contributed by atoms with E-state index >= 15 is 0 Å². The summed E-state index contributed by atoms with van der Waals surface area (Å²) in [6.07, 6.45) is 1.49. The molecule has 1 aromatic carbocycles. The van der Waals surface area contributed by atoms with Crippen molar-refractivity contribution >= 4 is 33.9 Å². The number of nitrogen functional groups attached to an aromatic ring is 1. The van der Waals surface area contributed by atoms with Gasteiger partial charge in [-0.1, -0.05) is 11.6 Å². The molecule has 2 aromatic rings. The van der Waals surface area contributed by atoms with E-state index in [4.69, 9.17) is 17.3 Å². The van der Waals surface area contributed by atoms with E-state index < -0.39 is 5.82 Å². The predicted molar refractivity (Wildman–Crippen MR) is 60.7 cm³/mol. The molecule has 0 radical (unpaired) electrons.